The maximum Gasteiger partial charge on any atom is 0.218 e. The summed E-state index contributed by atoms with van der Waals surface area (Å²) in [5.74, 6) is 1.45. The summed E-state index contributed by atoms with van der Waals surface area (Å²) >= 11 is 0. The molecule has 158 valence electrons. The van der Waals surface area contributed by atoms with Crippen LogP contribution < -0.4 is 20.3 Å². The number of halogens is 2. The van der Waals surface area contributed by atoms with Gasteiger partial charge in [0.05, 0.1) is 6.61 Å². The Morgan fingerprint density at radius 2 is 2.10 bits per heavy atom. The third-order valence-electron chi connectivity index (χ3n) is 4.53. The lowest BCUT2D eigenvalue weighted by atomic mass is 10.2. The van der Waals surface area contributed by atoms with Crippen molar-refractivity contribution in [2.75, 3.05) is 31.6 Å². The number of nitrogens with one attached hydrogen (secondary N) is 2. The van der Waals surface area contributed by atoms with E-state index in [0.29, 0.717) is 37.4 Å². The molecule has 3 heterocycles. The van der Waals surface area contributed by atoms with Crippen molar-refractivity contribution in [3.8, 4) is 5.88 Å². The number of hydrogen-bond donors (Lipinski definition) is 2. The van der Waals surface area contributed by atoms with Crippen LogP contribution in [0.3, 0.4) is 0 Å². The second-order valence-corrected chi connectivity index (χ2v) is 6.63. The number of pyridine rings is 2. The van der Waals surface area contributed by atoms with Crippen LogP contribution in [0, 0.1) is 5.82 Å². The number of rotatable bonds is 7. The quantitative estimate of drug-likeness (QED) is 0.337. The Balaban J connectivity index is 0.00000300. The second-order valence-electron chi connectivity index (χ2n) is 6.63. The van der Waals surface area contributed by atoms with Gasteiger partial charge in [0.25, 0.3) is 0 Å². The first-order chi connectivity index (χ1) is 13.7. The fourth-order valence-electron chi connectivity index (χ4n) is 3.13. The fourth-order valence-corrected chi connectivity index (χ4v) is 3.13. The lowest BCUT2D eigenvalue weighted by Gasteiger charge is -2.20. The molecule has 0 saturated carbocycles. The van der Waals surface area contributed by atoms with E-state index in [2.05, 4.69) is 32.5 Å². The average molecular weight is 514 g/mol. The first kappa shape index (κ1) is 23.1. The molecular formula is C20H28FIN6O. The first-order valence-corrected chi connectivity index (χ1v) is 9.60. The van der Waals surface area contributed by atoms with E-state index in [0.717, 1.165) is 24.9 Å². The van der Waals surface area contributed by atoms with Crippen molar-refractivity contribution in [2.45, 2.75) is 32.4 Å². The predicted molar refractivity (Wildman–Crippen MR) is 124 cm³/mol. The number of aliphatic imine (C=N–C) groups is 1. The van der Waals surface area contributed by atoms with Crippen molar-refractivity contribution in [1.29, 1.82) is 0 Å². The zero-order valence-corrected chi connectivity index (χ0v) is 19.1. The smallest absolute Gasteiger partial charge is 0.218 e. The Morgan fingerprint density at radius 1 is 1.31 bits per heavy atom. The van der Waals surface area contributed by atoms with Gasteiger partial charge >= 0.3 is 0 Å². The molecule has 7 nitrogen and oxygen atoms in total. The number of nitrogens with zero attached hydrogens (tertiary/aromatic N) is 4. The third kappa shape index (κ3) is 6.41. The number of aromatic nitrogens is 2. The van der Waals surface area contributed by atoms with E-state index < -0.39 is 0 Å². The molecule has 2 aromatic heterocycles. The molecule has 0 radical (unpaired) electrons. The van der Waals surface area contributed by atoms with Gasteiger partial charge in [0.1, 0.15) is 0 Å². The topological polar surface area (TPSA) is 74.7 Å². The molecule has 1 unspecified atom stereocenters. The van der Waals surface area contributed by atoms with Crippen molar-refractivity contribution in [1.82, 2.24) is 20.6 Å². The molecule has 2 N–H and O–H groups in total. The summed E-state index contributed by atoms with van der Waals surface area (Å²) in [7, 11) is 1.73. The monoisotopic (exact) mass is 514 g/mol. The molecule has 1 aliphatic rings. The second kappa shape index (κ2) is 11.7. The van der Waals surface area contributed by atoms with Gasteiger partial charge < -0.3 is 20.3 Å². The summed E-state index contributed by atoms with van der Waals surface area (Å²) in [5, 5.41) is 6.71. The zero-order valence-electron chi connectivity index (χ0n) is 16.8. The Kier molecular flexibility index (Phi) is 9.36. The van der Waals surface area contributed by atoms with E-state index >= 15 is 0 Å². The van der Waals surface area contributed by atoms with Crippen molar-refractivity contribution >= 4 is 35.8 Å². The van der Waals surface area contributed by atoms with Gasteiger partial charge in [-0.2, -0.15) is 0 Å². The average Bonchev–Trinajstić information content (AvgIpc) is 3.18. The van der Waals surface area contributed by atoms with E-state index in [1.165, 1.54) is 6.07 Å². The minimum Gasteiger partial charge on any atom is -0.477 e. The summed E-state index contributed by atoms with van der Waals surface area (Å²) in [5.41, 5.74) is 0.975. The highest BCUT2D eigenvalue weighted by molar-refractivity contribution is 14.0. The lowest BCUT2D eigenvalue weighted by Crippen LogP contribution is -2.44. The molecule has 0 bridgehead atoms. The SMILES string of the molecule is CCCOc1ncccc1CNC(=NC)NC1CCN(c2ncccc2F)C1.I. The number of ether oxygens (including phenoxy) is 1. The lowest BCUT2D eigenvalue weighted by molar-refractivity contribution is 0.301. The van der Waals surface area contributed by atoms with Crippen molar-refractivity contribution in [2.24, 2.45) is 4.99 Å². The van der Waals surface area contributed by atoms with Crippen molar-refractivity contribution < 1.29 is 9.13 Å². The van der Waals surface area contributed by atoms with Gasteiger partial charge in [-0.25, -0.2) is 14.4 Å². The van der Waals surface area contributed by atoms with Crippen LogP contribution in [0.2, 0.25) is 0 Å². The summed E-state index contributed by atoms with van der Waals surface area (Å²) in [6.07, 6.45) is 5.16. The predicted octanol–water partition coefficient (Wildman–Crippen LogP) is 2.97. The molecule has 1 atom stereocenters. The van der Waals surface area contributed by atoms with Crippen LogP contribution >= 0.6 is 24.0 Å². The summed E-state index contributed by atoms with van der Waals surface area (Å²) in [6.45, 7) is 4.68. The van der Waals surface area contributed by atoms with Crippen molar-refractivity contribution in [3.63, 3.8) is 0 Å². The van der Waals surface area contributed by atoms with Gasteiger partial charge in [0.15, 0.2) is 17.6 Å². The maximum atomic E-state index is 14.0. The van der Waals surface area contributed by atoms with Crippen LogP contribution in [-0.2, 0) is 6.54 Å². The van der Waals surface area contributed by atoms with E-state index in [-0.39, 0.29) is 35.8 Å². The van der Waals surface area contributed by atoms with E-state index in [1.807, 2.05) is 17.0 Å². The molecule has 3 rings (SSSR count). The Morgan fingerprint density at radius 3 is 2.86 bits per heavy atom. The molecule has 0 aliphatic carbocycles. The van der Waals surface area contributed by atoms with Gasteiger partial charge in [-0.05, 0) is 31.0 Å². The fraction of sp³-hybridized carbons (Fsp3) is 0.450. The molecule has 1 aliphatic heterocycles. The van der Waals surface area contributed by atoms with E-state index in [1.54, 1.807) is 25.5 Å². The van der Waals surface area contributed by atoms with Gasteiger partial charge in [-0.3, -0.25) is 4.99 Å². The van der Waals surface area contributed by atoms with Crippen LogP contribution in [0.5, 0.6) is 5.88 Å². The Bertz CT molecular complexity index is 806. The summed E-state index contributed by atoms with van der Waals surface area (Å²) < 4.78 is 19.7. The molecule has 1 saturated heterocycles. The van der Waals surface area contributed by atoms with Crippen LogP contribution in [0.15, 0.2) is 41.7 Å². The molecule has 2 aromatic rings. The first-order valence-electron chi connectivity index (χ1n) is 9.60. The summed E-state index contributed by atoms with van der Waals surface area (Å²) in [6, 6.07) is 7.09. The molecule has 9 heteroatoms. The van der Waals surface area contributed by atoms with Crippen LogP contribution in [0.25, 0.3) is 0 Å². The van der Waals surface area contributed by atoms with Gasteiger partial charge in [0, 0.05) is 50.7 Å². The normalized spacial score (nSPS) is 16.3. The molecule has 0 aromatic carbocycles. The van der Waals surface area contributed by atoms with Crippen LogP contribution in [-0.4, -0.2) is 48.7 Å². The highest BCUT2D eigenvalue weighted by Gasteiger charge is 2.26. The molecule has 29 heavy (non-hydrogen) atoms. The highest BCUT2D eigenvalue weighted by atomic mass is 127. The van der Waals surface area contributed by atoms with Gasteiger partial charge in [-0.15, -0.1) is 24.0 Å². The van der Waals surface area contributed by atoms with Gasteiger partial charge in [-0.1, -0.05) is 13.0 Å². The molecule has 0 spiro atoms. The third-order valence-corrected chi connectivity index (χ3v) is 4.53. The highest BCUT2D eigenvalue weighted by Crippen LogP contribution is 2.20. The summed E-state index contributed by atoms with van der Waals surface area (Å²) in [4.78, 5) is 14.7. The van der Waals surface area contributed by atoms with Crippen LogP contribution in [0.4, 0.5) is 10.2 Å². The Labute approximate surface area is 188 Å². The molecule has 1 fully saturated rings. The molecule has 0 amide bonds. The minimum atomic E-state index is -0.290. The Hall–Kier alpha value is -2.17. The largest absolute Gasteiger partial charge is 0.477 e. The molecular weight excluding hydrogens is 486 g/mol. The van der Waals surface area contributed by atoms with E-state index in [9.17, 15) is 4.39 Å². The number of hydrogen-bond acceptors (Lipinski definition) is 5. The minimum absolute atomic E-state index is 0. The van der Waals surface area contributed by atoms with E-state index in [4.69, 9.17) is 4.74 Å². The zero-order chi connectivity index (χ0) is 19.8. The van der Waals surface area contributed by atoms with Crippen molar-refractivity contribution in [3.05, 3.63) is 48.0 Å². The maximum absolute atomic E-state index is 14.0. The standard InChI is InChI=1S/C20H27FN6O.HI/c1-3-12-28-19-15(6-4-10-24-19)13-25-20(22-2)26-16-8-11-27(14-16)18-17(21)7-5-9-23-18;/h4-7,9-10,16H,3,8,11-14H2,1-2H3,(H2,22,25,26);1H. The van der Waals surface area contributed by atoms with Gasteiger partial charge in [0.2, 0.25) is 5.88 Å². The number of anilines is 1. The number of guanidine groups is 1. The van der Waals surface area contributed by atoms with Crippen LogP contribution in [0.1, 0.15) is 25.3 Å².